The zero-order valence-corrected chi connectivity index (χ0v) is 18.5. The molecule has 1 saturated carbocycles. The first-order valence-electron chi connectivity index (χ1n) is 10.8. The monoisotopic (exact) mass is 442 g/mol. The molecule has 0 bridgehead atoms. The van der Waals surface area contributed by atoms with E-state index in [-0.39, 0.29) is 29.9 Å². The number of rotatable bonds is 4. The molecule has 8 nitrogen and oxygen atoms in total. The average Bonchev–Trinajstić information content (AvgIpc) is 3.19. The summed E-state index contributed by atoms with van der Waals surface area (Å²) in [5, 5.41) is 7.33. The average molecular weight is 442 g/mol. The molecule has 4 rings (SSSR count). The molecular weight excluding hydrogens is 415 g/mol. The standard InChI is InChI=1S/C23H27FN4O4/c1-14-11-15(24)9-10-18(14)28-20(29)19-12-17(21(30)32-3)26-27(19)13-23(28,2)22(31)25-16-7-5-4-6-8-16/h9-12,16H,4-8,13H2,1-3H3,(H,25,31)/t23-/m1/s1. The molecule has 0 unspecified atom stereocenters. The SMILES string of the molecule is COC(=O)c1cc2n(n1)C[C@](C)(C(=O)NC1CCCCC1)N(c1ccc(F)cc1C)C2=O. The zero-order chi connectivity index (χ0) is 23.0. The predicted octanol–water partition coefficient (Wildman–Crippen LogP) is 2.99. The van der Waals surface area contributed by atoms with E-state index in [2.05, 4.69) is 10.4 Å². The van der Waals surface area contributed by atoms with Crippen molar-refractivity contribution in [3.63, 3.8) is 0 Å². The van der Waals surface area contributed by atoms with Crippen LogP contribution in [0.3, 0.4) is 0 Å². The number of esters is 1. The molecule has 1 aliphatic carbocycles. The van der Waals surface area contributed by atoms with Crippen molar-refractivity contribution in [3.05, 3.63) is 47.0 Å². The van der Waals surface area contributed by atoms with Crippen molar-refractivity contribution in [2.45, 2.75) is 64.1 Å². The second kappa shape index (κ2) is 8.37. The highest BCUT2D eigenvalue weighted by Gasteiger charge is 2.50. The maximum absolute atomic E-state index is 13.8. The van der Waals surface area contributed by atoms with Crippen LogP contribution in [0.1, 0.15) is 65.6 Å². The Kier molecular flexibility index (Phi) is 5.75. The van der Waals surface area contributed by atoms with Gasteiger partial charge in [-0.05, 0) is 50.5 Å². The number of amides is 2. The third kappa shape index (κ3) is 3.76. The number of aryl methyl sites for hydroxylation is 1. The summed E-state index contributed by atoms with van der Waals surface area (Å²) in [5.74, 6) is -1.89. The van der Waals surface area contributed by atoms with E-state index in [1.807, 2.05) is 0 Å². The van der Waals surface area contributed by atoms with Gasteiger partial charge in [-0.2, -0.15) is 5.10 Å². The predicted molar refractivity (Wildman–Crippen MR) is 115 cm³/mol. The van der Waals surface area contributed by atoms with Gasteiger partial charge in [0.15, 0.2) is 5.69 Å². The third-order valence-electron chi connectivity index (χ3n) is 6.38. The van der Waals surface area contributed by atoms with Crippen LogP contribution in [0.25, 0.3) is 0 Å². The van der Waals surface area contributed by atoms with E-state index in [0.29, 0.717) is 11.3 Å². The van der Waals surface area contributed by atoms with Crippen molar-refractivity contribution < 1.29 is 23.5 Å². The van der Waals surface area contributed by atoms with Crippen molar-refractivity contribution in [3.8, 4) is 0 Å². The van der Waals surface area contributed by atoms with Gasteiger partial charge in [-0.25, -0.2) is 9.18 Å². The quantitative estimate of drug-likeness (QED) is 0.735. The van der Waals surface area contributed by atoms with E-state index in [4.69, 9.17) is 4.74 Å². The van der Waals surface area contributed by atoms with Gasteiger partial charge in [0.25, 0.3) is 5.91 Å². The van der Waals surface area contributed by atoms with Gasteiger partial charge >= 0.3 is 5.97 Å². The minimum atomic E-state index is -1.33. The number of nitrogens with zero attached hydrogens (tertiary/aromatic N) is 3. The molecule has 2 aliphatic rings. The topological polar surface area (TPSA) is 93.5 Å². The summed E-state index contributed by atoms with van der Waals surface area (Å²) in [4.78, 5) is 40.6. The van der Waals surface area contributed by atoms with Crippen LogP contribution >= 0.6 is 0 Å². The lowest BCUT2D eigenvalue weighted by molar-refractivity contribution is -0.127. The Labute approximate surface area is 185 Å². The lowest BCUT2D eigenvalue weighted by Crippen LogP contribution is -2.65. The molecule has 32 heavy (non-hydrogen) atoms. The Balaban J connectivity index is 1.78. The largest absolute Gasteiger partial charge is 0.464 e. The smallest absolute Gasteiger partial charge is 0.358 e. The normalized spacial score (nSPS) is 21.2. The Morgan fingerprint density at radius 1 is 1.22 bits per heavy atom. The van der Waals surface area contributed by atoms with Crippen molar-refractivity contribution in [2.24, 2.45) is 0 Å². The Morgan fingerprint density at radius 3 is 2.59 bits per heavy atom. The number of ether oxygens (including phenoxy) is 1. The van der Waals surface area contributed by atoms with E-state index in [9.17, 15) is 18.8 Å². The summed E-state index contributed by atoms with van der Waals surface area (Å²) in [6.45, 7) is 3.41. The number of fused-ring (bicyclic) bond motifs is 1. The summed E-state index contributed by atoms with van der Waals surface area (Å²) in [6, 6.07) is 5.50. The highest BCUT2D eigenvalue weighted by atomic mass is 19.1. The van der Waals surface area contributed by atoms with Crippen molar-refractivity contribution in [1.29, 1.82) is 0 Å². The Morgan fingerprint density at radius 2 is 1.94 bits per heavy atom. The second-order valence-electron chi connectivity index (χ2n) is 8.72. The van der Waals surface area contributed by atoms with E-state index < -0.39 is 23.2 Å². The van der Waals surface area contributed by atoms with Crippen molar-refractivity contribution in [2.75, 3.05) is 12.0 Å². The molecule has 1 atom stereocenters. The zero-order valence-electron chi connectivity index (χ0n) is 18.5. The number of aromatic nitrogens is 2. The number of hydrogen-bond acceptors (Lipinski definition) is 5. The van der Waals surface area contributed by atoms with Crippen molar-refractivity contribution in [1.82, 2.24) is 15.1 Å². The number of benzene rings is 1. The first-order chi connectivity index (χ1) is 15.2. The van der Waals surface area contributed by atoms with Gasteiger partial charge in [0.05, 0.1) is 13.7 Å². The highest BCUT2D eigenvalue weighted by molar-refractivity contribution is 6.12. The molecular formula is C23H27FN4O4. The third-order valence-corrected chi connectivity index (χ3v) is 6.38. The molecule has 0 radical (unpaired) electrons. The van der Waals surface area contributed by atoms with Crippen LogP contribution in [0.5, 0.6) is 0 Å². The second-order valence-corrected chi connectivity index (χ2v) is 8.72. The summed E-state index contributed by atoms with van der Waals surface area (Å²) in [5.41, 5.74) is -0.217. The molecule has 0 saturated heterocycles. The molecule has 1 fully saturated rings. The van der Waals surface area contributed by atoms with E-state index in [1.54, 1.807) is 13.8 Å². The summed E-state index contributed by atoms with van der Waals surface area (Å²) < 4.78 is 19.9. The van der Waals surface area contributed by atoms with E-state index in [1.165, 1.54) is 41.0 Å². The van der Waals surface area contributed by atoms with Crippen LogP contribution in [-0.4, -0.2) is 46.3 Å². The Bertz CT molecular complexity index is 1080. The number of halogens is 1. The fourth-order valence-corrected chi connectivity index (χ4v) is 4.62. The first kappa shape index (κ1) is 22.0. The summed E-state index contributed by atoms with van der Waals surface area (Å²) in [6.07, 6.45) is 5.03. The maximum atomic E-state index is 13.8. The molecule has 2 heterocycles. The minimum Gasteiger partial charge on any atom is -0.464 e. The van der Waals surface area contributed by atoms with Crippen LogP contribution in [-0.2, 0) is 16.1 Å². The number of nitrogens with one attached hydrogen (secondary N) is 1. The lowest BCUT2D eigenvalue weighted by Gasteiger charge is -2.44. The summed E-state index contributed by atoms with van der Waals surface area (Å²) in [7, 11) is 1.23. The first-order valence-corrected chi connectivity index (χ1v) is 10.8. The molecule has 2 aromatic rings. The van der Waals surface area contributed by atoms with Gasteiger partial charge in [0, 0.05) is 17.8 Å². The van der Waals surface area contributed by atoms with Crippen LogP contribution in [0.2, 0.25) is 0 Å². The lowest BCUT2D eigenvalue weighted by atomic mass is 9.90. The molecule has 9 heteroatoms. The molecule has 1 aromatic heterocycles. The molecule has 0 spiro atoms. The highest BCUT2D eigenvalue weighted by Crippen LogP contribution is 2.35. The number of anilines is 1. The van der Waals surface area contributed by atoms with E-state index in [0.717, 1.165) is 32.1 Å². The van der Waals surface area contributed by atoms with Crippen LogP contribution < -0.4 is 10.2 Å². The number of carbonyl (C=O) groups excluding carboxylic acids is 3. The molecule has 1 aliphatic heterocycles. The number of methoxy groups -OCH3 is 1. The van der Waals surface area contributed by atoms with Gasteiger partial charge in [-0.1, -0.05) is 19.3 Å². The van der Waals surface area contributed by atoms with Crippen LogP contribution in [0.15, 0.2) is 24.3 Å². The van der Waals surface area contributed by atoms with Gasteiger partial charge in [0.1, 0.15) is 17.1 Å². The van der Waals surface area contributed by atoms with Crippen molar-refractivity contribution >= 4 is 23.5 Å². The maximum Gasteiger partial charge on any atom is 0.358 e. The van der Waals surface area contributed by atoms with Crippen LogP contribution in [0.4, 0.5) is 10.1 Å². The fourth-order valence-electron chi connectivity index (χ4n) is 4.62. The Hall–Kier alpha value is -3.23. The number of hydrogen-bond donors (Lipinski definition) is 1. The molecule has 1 aromatic carbocycles. The fraction of sp³-hybridized carbons (Fsp3) is 0.478. The van der Waals surface area contributed by atoms with Gasteiger partial charge in [-0.3, -0.25) is 19.2 Å². The van der Waals surface area contributed by atoms with Crippen LogP contribution in [0, 0.1) is 12.7 Å². The van der Waals surface area contributed by atoms with Gasteiger partial charge < -0.3 is 10.1 Å². The minimum absolute atomic E-state index is 0.0106. The van der Waals surface area contributed by atoms with Gasteiger partial charge in [-0.15, -0.1) is 0 Å². The molecule has 2 amide bonds. The van der Waals surface area contributed by atoms with E-state index >= 15 is 0 Å². The molecule has 1 N–H and O–H groups in total. The van der Waals surface area contributed by atoms with Gasteiger partial charge in [0.2, 0.25) is 5.91 Å². The molecule has 170 valence electrons. The summed E-state index contributed by atoms with van der Waals surface area (Å²) >= 11 is 0. The number of carbonyl (C=O) groups is 3.